The fraction of sp³-hybridized carbons (Fsp3) is 0.759. The Balaban J connectivity index is 4.08. The van der Waals surface area contributed by atoms with Crippen LogP contribution in [0.2, 0.25) is 0 Å². The van der Waals surface area contributed by atoms with Gasteiger partial charge in [-0.15, -0.1) is 0 Å². The van der Waals surface area contributed by atoms with E-state index >= 15 is 0 Å². The molecule has 0 aromatic rings. The van der Waals surface area contributed by atoms with Crippen molar-refractivity contribution in [3.8, 4) is 0 Å². The van der Waals surface area contributed by atoms with E-state index in [0.717, 1.165) is 19.6 Å². The molecule has 1 rings (SSSR count). The number of hydrogen-bond donors (Lipinski definition) is 5. The van der Waals surface area contributed by atoms with Gasteiger partial charge in [0.05, 0.1) is 25.7 Å². The van der Waals surface area contributed by atoms with Gasteiger partial charge in [-0.2, -0.15) is 0 Å². The molecule has 0 bridgehead atoms. The van der Waals surface area contributed by atoms with Crippen LogP contribution in [0.3, 0.4) is 0 Å². The highest BCUT2D eigenvalue weighted by Gasteiger charge is 2.45. The number of nitrogens with one attached hydrogen (secondary N) is 4. The molecular formula is C54H95N11O12. The maximum atomic E-state index is 15.0. The zero-order valence-corrected chi connectivity index (χ0v) is 49.8. The van der Waals surface area contributed by atoms with Gasteiger partial charge >= 0.3 is 0 Å². The standard InChI is InChI=1S/C54H95N11O12/c1-21-23-24-34(11)46(69)45-48(71)57-37(22-2)50(73)61(16)29-42(68)59(14)27-41(67)58-43(32(7)8)53(76)60(15)28-40(66)55-35(12)47(70)56-36(13)49(72)62(17)38(25-30(3)4)51(74)63(18)39(26-31(5)6)52(75)64(19)44(33(9)10)54(77)65(45)20/h21,23,30-39,43-46,69H,22,24-29H2,1-20H3,(H,55,66)(H,56,70)(H,57,71)(H,58,67)/b23-21+/t34-,35+,36-,37+,38+,39+,43+,44+,45+,46-/m1/s1. The van der Waals surface area contributed by atoms with Crippen LogP contribution >= 0.6 is 0 Å². The van der Waals surface area contributed by atoms with Gasteiger partial charge in [0.2, 0.25) is 65.0 Å². The molecule has 1 fully saturated rings. The van der Waals surface area contributed by atoms with Crippen LogP contribution < -0.4 is 21.3 Å². The summed E-state index contributed by atoms with van der Waals surface area (Å²) in [5.74, 6) is -9.57. The van der Waals surface area contributed by atoms with Crippen LogP contribution in [-0.2, 0) is 52.7 Å². The smallest absolute Gasteiger partial charge is 0.246 e. The molecule has 77 heavy (non-hydrogen) atoms. The molecule has 0 aliphatic carbocycles. The number of aliphatic hydroxyl groups is 1. The topological polar surface area (TPSA) is 279 Å². The minimum absolute atomic E-state index is 0.0288. The first-order valence-electron chi connectivity index (χ1n) is 26.9. The van der Waals surface area contributed by atoms with Crippen LogP contribution in [0.5, 0.6) is 0 Å². The SMILES string of the molecule is C/C=C/C[C@@H](C)[C@@H](O)[C@H]1C(=O)N[C@@H](CC)C(=O)N(C)CC(=O)N(C)CC(=O)N[C@@H](C(C)C)C(=O)N(C)CC(=O)N[C@@H](C)C(=O)N[C@H](C)C(=O)N(C)[C@@H](CC(C)C)C(=O)N(C)[C@@H](CC(C)C)C(=O)N(C)[C@@H](C(C)C)C(=O)N1C. The predicted octanol–water partition coefficient (Wildman–Crippen LogP) is 0.440. The third-order valence-electron chi connectivity index (χ3n) is 14.0. The second-order valence-electron chi connectivity index (χ2n) is 22.4. The summed E-state index contributed by atoms with van der Waals surface area (Å²) in [5.41, 5.74) is 0. The first-order valence-corrected chi connectivity index (χ1v) is 26.9. The molecular weight excluding hydrogens is 995 g/mol. The quantitative estimate of drug-likeness (QED) is 0.177. The van der Waals surface area contributed by atoms with Gasteiger partial charge in [0, 0.05) is 49.3 Å². The van der Waals surface area contributed by atoms with E-state index in [2.05, 4.69) is 21.3 Å². The first kappa shape index (κ1) is 68.9. The van der Waals surface area contributed by atoms with E-state index in [1.54, 1.807) is 60.6 Å². The lowest BCUT2D eigenvalue weighted by atomic mass is 9.91. The normalized spacial score (nSPS) is 26.4. The van der Waals surface area contributed by atoms with Crippen molar-refractivity contribution >= 4 is 65.0 Å². The Kier molecular flexibility index (Phi) is 28.0. The van der Waals surface area contributed by atoms with Crippen LogP contribution in [0.15, 0.2) is 12.2 Å². The molecule has 5 N–H and O–H groups in total. The van der Waals surface area contributed by atoms with Crippen molar-refractivity contribution in [2.75, 3.05) is 69.0 Å². The highest BCUT2D eigenvalue weighted by atomic mass is 16.3. The zero-order chi connectivity index (χ0) is 59.7. The van der Waals surface area contributed by atoms with Crippen LogP contribution in [-0.4, -0.2) is 228 Å². The molecule has 1 aliphatic rings. The van der Waals surface area contributed by atoms with Gasteiger partial charge in [-0.3, -0.25) is 52.7 Å². The Morgan fingerprint density at radius 2 is 0.987 bits per heavy atom. The van der Waals surface area contributed by atoms with E-state index in [0.29, 0.717) is 6.42 Å². The second-order valence-corrected chi connectivity index (χ2v) is 22.4. The summed E-state index contributed by atoms with van der Waals surface area (Å²) in [6, 6.07) is -9.91. The van der Waals surface area contributed by atoms with E-state index in [9.17, 15) is 57.8 Å². The van der Waals surface area contributed by atoms with Crippen LogP contribution in [0.25, 0.3) is 0 Å². The Morgan fingerprint density at radius 3 is 1.47 bits per heavy atom. The fourth-order valence-corrected chi connectivity index (χ4v) is 9.15. The zero-order valence-electron chi connectivity index (χ0n) is 49.8. The summed E-state index contributed by atoms with van der Waals surface area (Å²) in [6.07, 6.45) is 2.74. The molecule has 1 aliphatic heterocycles. The van der Waals surface area contributed by atoms with Crippen molar-refractivity contribution in [3.63, 3.8) is 0 Å². The molecule has 11 amide bonds. The van der Waals surface area contributed by atoms with Crippen LogP contribution in [0.4, 0.5) is 0 Å². The molecule has 0 radical (unpaired) electrons. The summed E-state index contributed by atoms with van der Waals surface area (Å²) < 4.78 is 0. The number of nitrogens with zero attached hydrogens (tertiary/aromatic N) is 7. The van der Waals surface area contributed by atoms with Gasteiger partial charge < -0.3 is 60.7 Å². The van der Waals surface area contributed by atoms with Crippen molar-refractivity contribution in [2.45, 2.75) is 170 Å². The number of aliphatic hydroxyl groups excluding tert-OH is 1. The number of carbonyl (C=O) groups excluding carboxylic acids is 11. The van der Waals surface area contributed by atoms with Crippen molar-refractivity contribution in [1.29, 1.82) is 0 Å². The molecule has 0 spiro atoms. The van der Waals surface area contributed by atoms with Gasteiger partial charge in [0.25, 0.3) is 0 Å². The van der Waals surface area contributed by atoms with Crippen LogP contribution in [0, 0.1) is 29.6 Å². The molecule has 23 nitrogen and oxygen atoms in total. The van der Waals surface area contributed by atoms with E-state index < -0.39 is 157 Å². The van der Waals surface area contributed by atoms with Crippen molar-refractivity contribution in [2.24, 2.45) is 29.6 Å². The maximum Gasteiger partial charge on any atom is 0.246 e. The molecule has 0 aromatic heterocycles. The largest absolute Gasteiger partial charge is 0.390 e. The summed E-state index contributed by atoms with van der Waals surface area (Å²) >= 11 is 0. The number of rotatable bonds is 11. The Bertz CT molecular complexity index is 2120. The molecule has 10 atom stereocenters. The van der Waals surface area contributed by atoms with Gasteiger partial charge in [0.15, 0.2) is 0 Å². The lowest BCUT2D eigenvalue weighted by Crippen LogP contribution is -2.63. The third-order valence-corrected chi connectivity index (χ3v) is 14.0. The first-order chi connectivity index (χ1) is 35.6. The van der Waals surface area contributed by atoms with Crippen LogP contribution in [0.1, 0.15) is 116 Å². The average Bonchev–Trinajstić information content (AvgIpc) is 3.34. The average molecular weight is 1090 g/mol. The number of amides is 11. The highest BCUT2D eigenvalue weighted by Crippen LogP contribution is 2.25. The minimum Gasteiger partial charge on any atom is -0.390 e. The Hall–Kier alpha value is -6.13. The summed E-state index contributed by atoms with van der Waals surface area (Å²) in [7, 11) is 9.65. The number of allylic oxidation sites excluding steroid dienone is 2. The second kappa shape index (κ2) is 31.3. The molecule has 1 saturated heterocycles. The summed E-state index contributed by atoms with van der Waals surface area (Å²) in [5, 5.41) is 22.4. The van der Waals surface area contributed by atoms with E-state index in [1.165, 1.54) is 77.9 Å². The van der Waals surface area contributed by atoms with Gasteiger partial charge in [0.1, 0.15) is 48.3 Å². The predicted molar refractivity (Wildman–Crippen MR) is 292 cm³/mol. The third kappa shape index (κ3) is 19.7. The van der Waals surface area contributed by atoms with Crippen molar-refractivity contribution in [3.05, 3.63) is 12.2 Å². The fourth-order valence-electron chi connectivity index (χ4n) is 9.15. The number of hydrogen-bond acceptors (Lipinski definition) is 12. The Morgan fingerprint density at radius 1 is 0.519 bits per heavy atom. The molecule has 438 valence electrons. The number of likely N-dealkylation sites (N-methyl/N-ethyl adjacent to an activating group) is 7. The van der Waals surface area contributed by atoms with Gasteiger partial charge in [-0.1, -0.05) is 81.4 Å². The van der Waals surface area contributed by atoms with Crippen molar-refractivity contribution < 1.29 is 57.8 Å². The monoisotopic (exact) mass is 1090 g/mol. The molecule has 1 heterocycles. The lowest BCUT2D eigenvalue weighted by Gasteiger charge is -2.41. The van der Waals surface area contributed by atoms with Gasteiger partial charge in [-0.05, 0) is 76.0 Å². The van der Waals surface area contributed by atoms with Crippen molar-refractivity contribution in [1.82, 2.24) is 55.6 Å². The molecule has 0 saturated carbocycles. The van der Waals surface area contributed by atoms with Gasteiger partial charge in [-0.25, -0.2) is 0 Å². The summed E-state index contributed by atoms with van der Waals surface area (Å²) in [4.78, 5) is 163. The Labute approximate surface area is 457 Å². The van der Waals surface area contributed by atoms with E-state index in [1.807, 2.05) is 27.7 Å². The summed E-state index contributed by atoms with van der Waals surface area (Å²) in [6.45, 7) is 20.6. The minimum atomic E-state index is -1.60. The molecule has 0 unspecified atom stereocenters. The lowest BCUT2D eigenvalue weighted by molar-refractivity contribution is -0.157. The van der Waals surface area contributed by atoms with E-state index in [-0.39, 0.29) is 31.1 Å². The number of carbonyl (C=O) groups is 11. The molecule has 23 heteroatoms. The maximum absolute atomic E-state index is 15.0. The highest BCUT2D eigenvalue weighted by molar-refractivity contribution is 5.99. The van der Waals surface area contributed by atoms with E-state index in [4.69, 9.17) is 0 Å². The molecule has 0 aromatic carbocycles.